The second kappa shape index (κ2) is 31.6. The molecule has 0 aliphatic carbocycles. The van der Waals surface area contributed by atoms with Gasteiger partial charge in [-0.15, -0.1) is 26.3 Å². The molecule has 0 aromatic heterocycles. The van der Waals surface area contributed by atoms with Gasteiger partial charge in [0.15, 0.2) is 0 Å². The normalized spacial score (nSPS) is 10.5. The van der Waals surface area contributed by atoms with E-state index in [1.807, 2.05) is 33.8 Å². The summed E-state index contributed by atoms with van der Waals surface area (Å²) in [6, 6.07) is 0. The SMILES string of the molecule is C=CC.C=CC.C=CC.C=CCCCCC.CCCCN1C(=O)C=CC1=O. The molecule has 0 aromatic rings. The van der Waals surface area contributed by atoms with Crippen LogP contribution in [0.5, 0.6) is 0 Å². The number of carbonyl (C=O) groups is 2. The van der Waals surface area contributed by atoms with Crippen LogP contribution in [0.1, 0.15) is 73.1 Å². The van der Waals surface area contributed by atoms with Crippen molar-refractivity contribution in [3.8, 4) is 0 Å². The molecule has 3 nitrogen and oxygen atoms in total. The van der Waals surface area contributed by atoms with Crippen LogP contribution in [0.25, 0.3) is 0 Å². The third kappa shape index (κ3) is 32.0. The van der Waals surface area contributed by atoms with Gasteiger partial charge in [-0.1, -0.05) is 57.4 Å². The lowest BCUT2D eigenvalue weighted by Crippen LogP contribution is -2.30. The van der Waals surface area contributed by atoms with Gasteiger partial charge in [0.2, 0.25) is 0 Å². The van der Waals surface area contributed by atoms with Gasteiger partial charge in [0.25, 0.3) is 11.8 Å². The first-order valence-corrected chi connectivity index (χ1v) is 9.77. The first-order chi connectivity index (χ1) is 12.9. The van der Waals surface area contributed by atoms with E-state index in [1.165, 1.54) is 42.7 Å². The van der Waals surface area contributed by atoms with Crippen LogP contribution in [0.2, 0.25) is 0 Å². The second-order valence-corrected chi connectivity index (χ2v) is 5.52. The minimum absolute atomic E-state index is 0.177. The zero-order chi connectivity index (χ0) is 21.9. The Balaban J connectivity index is -0.000000142. The predicted molar refractivity (Wildman–Crippen MR) is 123 cm³/mol. The molecule has 1 aliphatic heterocycles. The molecule has 1 rings (SSSR count). The van der Waals surface area contributed by atoms with Crippen LogP contribution >= 0.6 is 0 Å². The van der Waals surface area contributed by atoms with Crippen molar-refractivity contribution in [2.24, 2.45) is 0 Å². The molecule has 1 heterocycles. The van der Waals surface area contributed by atoms with Crippen molar-refractivity contribution in [1.82, 2.24) is 4.90 Å². The Labute approximate surface area is 169 Å². The van der Waals surface area contributed by atoms with Crippen LogP contribution in [-0.2, 0) is 9.59 Å². The number of carbonyl (C=O) groups excluding carboxylic acids is 2. The Morgan fingerprint density at radius 1 is 0.778 bits per heavy atom. The highest BCUT2D eigenvalue weighted by Gasteiger charge is 2.21. The lowest BCUT2D eigenvalue weighted by atomic mass is 10.2. The Kier molecular flexibility index (Phi) is 38.0. The largest absolute Gasteiger partial charge is 0.275 e. The lowest BCUT2D eigenvalue weighted by molar-refractivity contribution is -0.136. The average molecular weight is 378 g/mol. The molecule has 0 N–H and O–H groups in total. The van der Waals surface area contributed by atoms with Gasteiger partial charge >= 0.3 is 0 Å². The monoisotopic (exact) mass is 377 g/mol. The molecule has 0 bridgehead atoms. The highest BCUT2D eigenvalue weighted by molar-refractivity contribution is 6.12. The van der Waals surface area contributed by atoms with E-state index in [2.05, 4.69) is 33.2 Å². The summed E-state index contributed by atoms with van der Waals surface area (Å²) in [6.45, 7) is 24.2. The number of rotatable bonds is 7. The fourth-order valence-corrected chi connectivity index (χ4v) is 1.51. The number of imide groups is 1. The molecule has 0 fully saturated rings. The van der Waals surface area contributed by atoms with Crippen molar-refractivity contribution < 1.29 is 9.59 Å². The molecule has 2 amide bonds. The van der Waals surface area contributed by atoms with Gasteiger partial charge < -0.3 is 0 Å². The Morgan fingerprint density at radius 2 is 1.15 bits per heavy atom. The van der Waals surface area contributed by atoms with Crippen molar-refractivity contribution in [3.05, 3.63) is 62.8 Å². The molecule has 0 saturated heterocycles. The maximum absolute atomic E-state index is 10.9. The predicted octanol–water partition coefficient (Wildman–Crippen LogP) is 7.04. The fourth-order valence-electron chi connectivity index (χ4n) is 1.51. The highest BCUT2D eigenvalue weighted by Crippen LogP contribution is 2.04. The molecule has 27 heavy (non-hydrogen) atoms. The van der Waals surface area contributed by atoms with Crippen LogP contribution < -0.4 is 0 Å². The molecule has 156 valence electrons. The maximum atomic E-state index is 10.9. The summed E-state index contributed by atoms with van der Waals surface area (Å²) in [5.41, 5.74) is 0. The molecule has 0 aromatic carbocycles. The van der Waals surface area contributed by atoms with Gasteiger partial charge in [0.05, 0.1) is 0 Å². The number of allylic oxidation sites excluding steroid dienone is 4. The van der Waals surface area contributed by atoms with Crippen molar-refractivity contribution in [1.29, 1.82) is 0 Å². The van der Waals surface area contributed by atoms with Crippen LogP contribution in [-0.4, -0.2) is 23.3 Å². The summed E-state index contributed by atoms with van der Waals surface area (Å²) >= 11 is 0. The summed E-state index contributed by atoms with van der Waals surface area (Å²) in [4.78, 5) is 23.1. The summed E-state index contributed by atoms with van der Waals surface area (Å²) in [6.07, 6.45) is 16.9. The van der Waals surface area contributed by atoms with Crippen LogP contribution in [0, 0.1) is 0 Å². The van der Waals surface area contributed by atoms with E-state index in [-0.39, 0.29) is 11.8 Å². The number of amides is 2. The quantitative estimate of drug-likeness (QED) is 0.271. The first kappa shape index (κ1) is 32.5. The topological polar surface area (TPSA) is 37.4 Å². The van der Waals surface area contributed by atoms with Gasteiger partial charge in [-0.05, 0) is 40.0 Å². The van der Waals surface area contributed by atoms with Gasteiger partial charge in [0.1, 0.15) is 0 Å². The van der Waals surface area contributed by atoms with Gasteiger partial charge in [-0.25, -0.2) is 0 Å². The molecular formula is C24H43NO2. The van der Waals surface area contributed by atoms with Crippen molar-refractivity contribution in [2.45, 2.75) is 73.1 Å². The van der Waals surface area contributed by atoms with E-state index in [0.717, 1.165) is 12.8 Å². The van der Waals surface area contributed by atoms with E-state index in [4.69, 9.17) is 0 Å². The minimum Gasteiger partial charge on any atom is -0.275 e. The van der Waals surface area contributed by atoms with E-state index in [0.29, 0.717) is 6.54 Å². The Bertz CT molecular complexity index is 376. The maximum Gasteiger partial charge on any atom is 0.253 e. The summed E-state index contributed by atoms with van der Waals surface area (Å²) < 4.78 is 0. The standard InChI is InChI=1S/C8H11NO2.C7H14.3C3H6/c1-2-3-6-9-7(10)4-5-8(9)11;1-3-5-7-6-4-2;3*1-3-2/h4-5H,2-3,6H2,1H3;3H,1,4-7H2,2H3;3*3H,1H2,2H3. The molecule has 0 atom stereocenters. The molecule has 1 aliphatic rings. The molecule has 0 spiro atoms. The zero-order valence-corrected chi connectivity index (χ0v) is 18.5. The Hall–Kier alpha value is -2.16. The molecule has 0 unspecified atom stereocenters. The summed E-state index contributed by atoms with van der Waals surface area (Å²) in [5.74, 6) is -0.355. The fraction of sp³-hybridized carbons (Fsp3) is 0.500. The third-order valence-electron chi connectivity index (χ3n) is 2.65. The average Bonchev–Trinajstić information content (AvgIpc) is 2.94. The highest BCUT2D eigenvalue weighted by atomic mass is 16.2. The molecule has 3 heteroatoms. The van der Waals surface area contributed by atoms with E-state index in [1.54, 1.807) is 18.2 Å². The minimum atomic E-state index is -0.177. The number of nitrogens with zero attached hydrogens (tertiary/aromatic N) is 1. The summed E-state index contributed by atoms with van der Waals surface area (Å²) in [5, 5.41) is 0. The van der Waals surface area contributed by atoms with Crippen molar-refractivity contribution in [3.63, 3.8) is 0 Å². The van der Waals surface area contributed by atoms with Gasteiger partial charge in [-0.2, -0.15) is 0 Å². The number of unbranched alkanes of at least 4 members (excludes halogenated alkanes) is 4. The molecule has 0 radical (unpaired) electrons. The van der Waals surface area contributed by atoms with Crippen molar-refractivity contribution >= 4 is 11.8 Å². The van der Waals surface area contributed by atoms with Crippen LogP contribution in [0.15, 0.2) is 62.8 Å². The number of hydrogen-bond acceptors (Lipinski definition) is 2. The van der Waals surface area contributed by atoms with E-state index >= 15 is 0 Å². The van der Waals surface area contributed by atoms with E-state index < -0.39 is 0 Å². The smallest absolute Gasteiger partial charge is 0.253 e. The zero-order valence-electron chi connectivity index (χ0n) is 18.5. The van der Waals surface area contributed by atoms with Gasteiger partial charge in [0, 0.05) is 18.7 Å². The first-order valence-electron chi connectivity index (χ1n) is 9.77. The number of hydrogen-bond donors (Lipinski definition) is 0. The third-order valence-corrected chi connectivity index (χ3v) is 2.65. The van der Waals surface area contributed by atoms with Crippen molar-refractivity contribution in [2.75, 3.05) is 6.54 Å². The van der Waals surface area contributed by atoms with Gasteiger partial charge in [-0.3, -0.25) is 14.5 Å². The van der Waals surface area contributed by atoms with Crippen LogP contribution in [0.3, 0.4) is 0 Å². The van der Waals surface area contributed by atoms with E-state index in [9.17, 15) is 9.59 Å². The molecule has 0 saturated carbocycles. The summed E-state index contributed by atoms with van der Waals surface area (Å²) in [7, 11) is 0. The second-order valence-electron chi connectivity index (χ2n) is 5.52. The lowest BCUT2D eigenvalue weighted by Gasteiger charge is -2.11. The molecular weight excluding hydrogens is 334 g/mol. The Morgan fingerprint density at radius 3 is 1.44 bits per heavy atom. The van der Waals surface area contributed by atoms with Crippen LogP contribution in [0.4, 0.5) is 0 Å².